The van der Waals surface area contributed by atoms with Crippen LogP contribution in [0.3, 0.4) is 0 Å². The summed E-state index contributed by atoms with van der Waals surface area (Å²) >= 11 is 1.51. The Morgan fingerprint density at radius 1 is 1.41 bits per heavy atom. The molecule has 0 aromatic carbocycles. The Morgan fingerprint density at radius 3 is 3.00 bits per heavy atom. The highest BCUT2D eigenvalue weighted by molar-refractivity contribution is 7.07. The maximum atomic E-state index is 11.0. The molecule has 0 saturated carbocycles. The van der Waals surface area contributed by atoms with Crippen molar-refractivity contribution < 1.29 is 4.79 Å². The summed E-state index contributed by atoms with van der Waals surface area (Å²) in [5.74, 6) is -0.564. The van der Waals surface area contributed by atoms with Gasteiger partial charge in [-0.1, -0.05) is 0 Å². The molecular formula is C10H7N5OS. The van der Waals surface area contributed by atoms with Gasteiger partial charge in [-0.25, -0.2) is 14.5 Å². The van der Waals surface area contributed by atoms with E-state index in [0.717, 1.165) is 11.3 Å². The number of nitrogens with zero attached hydrogens (tertiary/aromatic N) is 4. The summed E-state index contributed by atoms with van der Waals surface area (Å²) in [7, 11) is 0. The number of aromatic nitrogens is 4. The second-order valence-corrected chi connectivity index (χ2v) is 4.13. The fourth-order valence-electron chi connectivity index (χ4n) is 1.48. The maximum Gasteiger partial charge on any atom is 0.269 e. The minimum atomic E-state index is -0.564. The van der Waals surface area contributed by atoms with E-state index in [-0.39, 0.29) is 5.69 Å². The minimum Gasteiger partial charge on any atom is -0.364 e. The van der Waals surface area contributed by atoms with Crippen LogP contribution in [0.25, 0.3) is 16.9 Å². The van der Waals surface area contributed by atoms with Crippen LogP contribution in [-0.4, -0.2) is 25.5 Å². The van der Waals surface area contributed by atoms with Crippen molar-refractivity contribution in [2.24, 2.45) is 5.73 Å². The molecule has 7 heteroatoms. The predicted molar refractivity (Wildman–Crippen MR) is 62.6 cm³/mol. The van der Waals surface area contributed by atoms with Crippen LogP contribution in [0.15, 0.2) is 29.4 Å². The molecule has 0 aliphatic carbocycles. The highest BCUT2D eigenvalue weighted by atomic mass is 32.1. The van der Waals surface area contributed by atoms with Crippen molar-refractivity contribution in [1.29, 1.82) is 0 Å². The molecule has 0 unspecified atom stereocenters. The fourth-order valence-corrected chi connectivity index (χ4v) is 2.05. The van der Waals surface area contributed by atoms with Crippen LogP contribution in [0.2, 0.25) is 0 Å². The van der Waals surface area contributed by atoms with Gasteiger partial charge in [-0.3, -0.25) is 4.79 Å². The van der Waals surface area contributed by atoms with Crippen molar-refractivity contribution in [3.05, 3.63) is 35.0 Å². The van der Waals surface area contributed by atoms with Crippen LogP contribution >= 0.6 is 11.3 Å². The van der Waals surface area contributed by atoms with Crippen LogP contribution in [-0.2, 0) is 0 Å². The van der Waals surface area contributed by atoms with Gasteiger partial charge in [0.25, 0.3) is 5.91 Å². The highest BCUT2D eigenvalue weighted by Crippen LogP contribution is 2.18. The quantitative estimate of drug-likeness (QED) is 0.728. The van der Waals surface area contributed by atoms with E-state index in [1.165, 1.54) is 15.9 Å². The Labute approximate surface area is 99.7 Å². The number of hydrogen-bond acceptors (Lipinski definition) is 5. The fraction of sp³-hybridized carbons (Fsp3) is 0. The molecule has 3 heterocycles. The number of amides is 1. The summed E-state index contributed by atoms with van der Waals surface area (Å²) in [6.45, 7) is 0. The van der Waals surface area contributed by atoms with Crippen LogP contribution in [0, 0.1) is 0 Å². The van der Waals surface area contributed by atoms with E-state index in [4.69, 9.17) is 5.73 Å². The third-order valence-corrected chi connectivity index (χ3v) is 2.88. The smallest absolute Gasteiger partial charge is 0.269 e. The van der Waals surface area contributed by atoms with Gasteiger partial charge in [-0.2, -0.15) is 5.10 Å². The molecule has 6 nitrogen and oxygen atoms in total. The molecule has 84 valence electrons. The van der Waals surface area contributed by atoms with Crippen molar-refractivity contribution in [2.45, 2.75) is 0 Å². The SMILES string of the molecule is NC(=O)c1cc2ncc(-c3cscn3)cn2n1. The van der Waals surface area contributed by atoms with Crippen molar-refractivity contribution in [2.75, 3.05) is 0 Å². The molecule has 17 heavy (non-hydrogen) atoms. The van der Waals surface area contributed by atoms with Gasteiger partial charge in [0.1, 0.15) is 0 Å². The third kappa shape index (κ3) is 1.66. The van der Waals surface area contributed by atoms with E-state index in [0.29, 0.717) is 5.65 Å². The minimum absolute atomic E-state index is 0.202. The summed E-state index contributed by atoms with van der Waals surface area (Å²) < 4.78 is 1.52. The number of rotatable bonds is 2. The zero-order valence-electron chi connectivity index (χ0n) is 8.57. The zero-order chi connectivity index (χ0) is 11.8. The Kier molecular flexibility index (Phi) is 2.12. The van der Waals surface area contributed by atoms with E-state index in [1.807, 2.05) is 5.38 Å². The van der Waals surface area contributed by atoms with Crippen LogP contribution in [0.1, 0.15) is 10.5 Å². The summed E-state index contributed by atoms with van der Waals surface area (Å²) in [6.07, 6.45) is 3.46. The summed E-state index contributed by atoms with van der Waals surface area (Å²) in [5, 5.41) is 5.96. The standard InChI is InChI=1S/C10H7N5OS/c11-10(16)7-1-9-12-2-6(3-15(9)14-7)8-4-17-5-13-8/h1-5H,(H2,11,16). The first-order valence-electron chi connectivity index (χ1n) is 4.78. The average molecular weight is 245 g/mol. The van der Waals surface area contributed by atoms with Gasteiger partial charge in [0.2, 0.25) is 0 Å². The number of nitrogens with two attached hydrogens (primary N) is 1. The molecular weight excluding hydrogens is 238 g/mol. The normalized spacial score (nSPS) is 10.8. The first-order valence-corrected chi connectivity index (χ1v) is 5.72. The number of fused-ring (bicyclic) bond motifs is 1. The van der Waals surface area contributed by atoms with Gasteiger partial charge in [0.15, 0.2) is 11.3 Å². The van der Waals surface area contributed by atoms with Crippen LogP contribution in [0.4, 0.5) is 0 Å². The van der Waals surface area contributed by atoms with E-state index in [9.17, 15) is 4.79 Å². The van der Waals surface area contributed by atoms with Crippen molar-refractivity contribution in [1.82, 2.24) is 19.6 Å². The third-order valence-electron chi connectivity index (χ3n) is 2.29. The lowest BCUT2D eigenvalue weighted by Gasteiger charge is -1.96. The Balaban J connectivity index is 2.16. The van der Waals surface area contributed by atoms with E-state index in [1.54, 1.807) is 24.0 Å². The molecule has 0 radical (unpaired) electrons. The first kappa shape index (κ1) is 9.91. The second-order valence-electron chi connectivity index (χ2n) is 3.41. The van der Waals surface area contributed by atoms with E-state index < -0.39 is 5.91 Å². The second kappa shape index (κ2) is 3.63. The number of hydrogen-bond donors (Lipinski definition) is 1. The molecule has 0 bridgehead atoms. The van der Waals surface area contributed by atoms with Crippen molar-refractivity contribution >= 4 is 22.9 Å². The molecule has 0 aliphatic rings. The average Bonchev–Trinajstić information content (AvgIpc) is 2.97. The van der Waals surface area contributed by atoms with Crippen LogP contribution < -0.4 is 5.73 Å². The molecule has 0 atom stereocenters. The topological polar surface area (TPSA) is 86.2 Å². The van der Waals surface area contributed by atoms with Gasteiger partial charge in [-0.15, -0.1) is 11.3 Å². The molecule has 2 N–H and O–H groups in total. The zero-order valence-corrected chi connectivity index (χ0v) is 9.39. The number of primary amides is 1. The number of carbonyl (C=O) groups is 1. The molecule has 3 rings (SSSR count). The van der Waals surface area contributed by atoms with Crippen molar-refractivity contribution in [3.8, 4) is 11.3 Å². The molecule has 3 aromatic rings. The van der Waals surface area contributed by atoms with E-state index >= 15 is 0 Å². The largest absolute Gasteiger partial charge is 0.364 e. The predicted octanol–water partition coefficient (Wildman–Crippen LogP) is 0.952. The molecule has 1 amide bonds. The van der Waals surface area contributed by atoms with Gasteiger partial charge in [-0.05, 0) is 0 Å². The maximum absolute atomic E-state index is 11.0. The summed E-state index contributed by atoms with van der Waals surface area (Å²) in [5.41, 5.74) is 9.37. The van der Waals surface area contributed by atoms with Gasteiger partial charge in [0, 0.05) is 29.4 Å². The molecule has 3 aromatic heterocycles. The van der Waals surface area contributed by atoms with Gasteiger partial charge in [0.05, 0.1) is 11.2 Å². The Hall–Kier alpha value is -2.28. The lowest BCUT2D eigenvalue weighted by Crippen LogP contribution is -2.11. The van der Waals surface area contributed by atoms with Gasteiger partial charge >= 0.3 is 0 Å². The number of thiazole rings is 1. The van der Waals surface area contributed by atoms with Crippen molar-refractivity contribution in [3.63, 3.8) is 0 Å². The van der Waals surface area contributed by atoms with Crippen LogP contribution in [0.5, 0.6) is 0 Å². The summed E-state index contributed by atoms with van der Waals surface area (Å²) in [6, 6.07) is 1.55. The Bertz CT molecular complexity index is 688. The summed E-state index contributed by atoms with van der Waals surface area (Å²) in [4.78, 5) is 19.4. The van der Waals surface area contributed by atoms with Gasteiger partial charge < -0.3 is 5.73 Å². The molecule has 0 fully saturated rings. The Morgan fingerprint density at radius 2 is 2.29 bits per heavy atom. The molecule has 0 saturated heterocycles. The van der Waals surface area contributed by atoms with E-state index in [2.05, 4.69) is 15.1 Å². The lowest BCUT2D eigenvalue weighted by atomic mass is 10.3. The molecule has 0 aliphatic heterocycles. The molecule has 0 spiro atoms. The lowest BCUT2D eigenvalue weighted by molar-refractivity contribution is 0.0995. The number of carbonyl (C=O) groups excluding carboxylic acids is 1. The first-order chi connectivity index (χ1) is 8.24. The monoisotopic (exact) mass is 245 g/mol. The highest BCUT2D eigenvalue weighted by Gasteiger charge is 2.09.